The van der Waals surface area contributed by atoms with Crippen molar-refractivity contribution in [2.75, 3.05) is 25.0 Å². The van der Waals surface area contributed by atoms with Gasteiger partial charge in [-0.3, -0.25) is 9.69 Å². The van der Waals surface area contributed by atoms with Gasteiger partial charge < -0.3 is 15.2 Å². The minimum absolute atomic E-state index is 0.129. The number of aryl methyl sites for hydroxylation is 2. The third-order valence-electron chi connectivity index (χ3n) is 6.73. The number of nitrogens with one attached hydrogen (secondary N) is 2. The molecular weight excluding hydrogens is 419 g/mol. The lowest BCUT2D eigenvalue weighted by Gasteiger charge is -2.30. The van der Waals surface area contributed by atoms with Crippen LogP contribution in [-0.4, -0.2) is 46.5 Å². The molecule has 0 unspecified atom stereocenters. The molecule has 2 aromatic carbocycles. The number of likely N-dealkylation sites (N-methyl/N-ethyl adjacent to an activating group) is 1. The molecule has 6 nitrogen and oxygen atoms in total. The number of urea groups is 1. The standard InChI is InChI=1S/C26H31FN4O2/c1-4-30-13-7-8-21(30)16-31(26(33)28-23-10-6-5-9-22(23)27)15-20-14-19-12-11-17(2)18(3)24(19)29-25(20)32/h5-6,9-12,14,21H,4,7-8,13,15-16H2,1-3H3,(H,28,33)(H,29,32)/t21-/m0/s1. The Balaban J connectivity index is 1.65. The molecule has 1 atom stereocenters. The number of carbonyl (C=O) groups is 1. The van der Waals surface area contributed by atoms with E-state index in [0.29, 0.717) is 12.1 Å². The van der Waals surface area contributed by atoms with E-state index in [1.807, 2.05) is 32.0 Å². The predicted octanol–water partition coefficient (Wildman–Crippen LogP) is 4.80. The molecule has 0 saturated carbocycles. The van der Waals surface area contributed by atoms with Gasteiger partial charge in [-0.15, -0.1) is 0 Å². The summed E-state index contributed by atoms with van der Waals surface area (Å²) in [6.07, 6.45) is 2.07. The van der Waals surface area contributed by atoms with Crippen molar-refractivity contribution in [3.63, 3.8) is 0 Å². The molecule has 7 heteroatoms. The van der Waals surface area contributed by atoms with Gasteiger partial charge in [0.05, 0.1) is 17.7 Å². The number of aromatic nitrogens is 1. The van der Waals surface area contributed by atoms with Gasteiger partial charge in [-0.25, -0.2) is 9.18 Å². The molecule has 2 amide bonds. The number of benzene rings is 2. The Kier molecular flexibility index (Phi) is 6.79. The summed E-state index contributed by atoms with van der Waals surface area (Å²) in [4.78, 5) is 33.2. The summed E-state index contributed by atoms with van der Waals surface area (Å²) in [5.41, 5.74) is 3.39. The van der Waals surface area contributed by atoms with E-state index in [9.17, 15) is 14.0 Å². The lowest BCUT2D eigenvalue weighted by Crippen LogP contribution is -2.45. The number of nitrogens with zero attached hydrogens (tertiary/aromatic N) is 2. The molecule has 0 bridgehead atoms. The maximum absolute atomic E-state index is 14.2. The van der Waals surface area contributed by atoms with E-state index in [2.05, 4.69) is 22.1 Å². The highest BCUT2D eigenvalue weighted by Crippen LogP contribution is 2.22. The van der Waals surface area contributed by atoms with Crippen molar-refractivity contribution in [1.29, 1.82) is 0 Å². The van der Waals surface area contributed by atoms with Crippen LogP contribution in [0.2, 0.25) is 0 Å². The summed E-state index contributed by atoms with van der Waals surface area (Å²) >= 11 is 0. The van der Waals surface area contributed by atoms with E-state index < -0.39 is 11.8 Å². The van der Waals surface area contributed by atoms with E-state index in [4.69, 9.17) is 0 Å². The van der Waals surface area contributed by atoms with Crippen molar-refractivity contribution >= 4 is 22.6 Å². The number of anilines is 1. The molecule has 4 rings (SSSR count). The third kappa shape index (κ3) is 4.93. The van der Waals surface area contributed by atoms with Gasteiger partial charge in [0, 0.05) is 18.2 Å². The first kappa shape index (κ1) is 23.0. The van der Waals surface area contributed by atoms with Gasteiger partial charge in [0.2, 0.25) is 0 Å². The van der Waals surface area contributed by atoms with Crippen molar-refractivity contribution in [3.8, 4) is 0 Å². The van der Waals surface area contributed by atoms with Crippen LogP contribution >= 0.6 is 0 Å². The van der Waals surface area contributed by atoms with Crippen LogP contribution in [0.5, 0.6) is 0 Å². The topological polar surface area (TPSA) is 68.4 Å². The number of carbonyl (C=O) groups excluding carboxylic acids is 1. The zero-order valence-electron chi connectivity index (χ0n) is 19.5. The van der Waals surface area contributed by atoms with E-state index in [1.54, 1.807) is 17.0 Å². The maximum Gasteiger partial charge on any atom is 0.322 e. The van der Waals surface area contributed by atoms with Crippen molar-refractivity contribution in [3.05, 3.63) is 75.3 Å². The first-order valence-corrected chi connectivity index (χ1v) is 11.5. The number of amides is 2. The van der Waals surface area contributed by atoms with Gasteiger partial charge in [0.25, 0.3) is 5.56 Å². The molecule has 0 radical (unpaired) electrons. The SMILES string of the molecule is CCN1CCC[C@H]1CN(Cc1cc2ccc(C)c(C)c2[nH]c1=O)C(=O)Nc1ccccc1F. The Morgan fingerprint density at radius 3 is 2.79 bits per heavy atom. The first-order valence-electron chi connectivity index (χ1n) is 11.5. The van der Waals surface area contributed by atoms with E-state index >= 15 is 0 Å². The second kappa shape index (κ2) is 9.75. The van der Waals surface area contributed by atoms with Gasteiger partial charge in [-0.1, -0.05) is 31.2 Å². The highest BCUT2D eigenvalue weighted by atomic mass is 19.1. The van der Waals surface area contributed by atoms with Gasteiger partial charge in [-0.2, -0.15) is 0 Å². The number of para-hydroxylation sites is 1. The molecule has 174 valence electrons. The highest BCUT2D eigenvalue weighted by Gasteiger charge is 2.28. The van der Waals surface area contributed by atoms with Crippen molar-refractivity contribution in [1.82, 2.24) is 14.8 Å². The van der Waals surface area contributed by atoms with Crippen molar-refractivity contribution in [2.45, 2.75) is 46.2 Å². The fourth-order valence-electron chi connectivity index (χ4n) is 4.64. The molecule has 1 aliphatic heterocycles. The summed E-state index contributed by atoms with van der Waals surface area (Å²) in [6, 6.07) is 11.8. The van der Waals surface area contributed by atoms with Gasteiger partial charge in [0.1, 0.15) is 5.82 Å². The molecule has 2 heterocycles. The minimum atomic E-state index is -0.490. The van der Waals surface area contributed by atoms with E-state index in [0.717, 1.165) is 48.0 Å². The van der Waals surface area contributed by atoms with Gasteiger partial charge >= 0.3 is 6.03 Å². The number of fused-ring (bicyclic) bond motifs is 1. The summed E-state index contributed by atoms with van der Waals surface area (Å²) in [7, 11) is 0. The third-order valence-corrected chi connectivity index (χ3v) is 6.73. The number of rotatable bonds is 6. The molecule has 0 spiro atoms. The molecule has 1 fully saturated rings. The predicted molar refractivity (Wildman–Crippen MR) is 130 cm³/mol. The minimum Gasteiger partial charge on any atom is -0.321 e. The second-order valence-electron chi connectivity index (χ2n) is 8.81. The molecular formula is C26H31FN4O2. The normalized spacial score (nSPS) is 16.3. The Hall–Kier alpha value is -3.19. The molecule has 0 aliphatic carbocycles. The Bertz CT molecular complexity index is 1220. The van der Waals surface area contributed by atoms with Crippen LogP contribution < -0.4 is 10.9 Å². The van der Waals surface area contributed by atoms with Gasteiger partial charge in [-0.05, 0) is 74.5 Å². The number of H-pyrrole nitrogens is 1. The Morgan fingerprint density at radius 2 is 2.03 bits per heavy atom. The molecule has 1 aromatic heterocycles. The van der Waals surface area contributed by atoms with Crippen LogP contribution in [0.3, 0.4) is 0 Å². The van der Waals surface area contributed by atoms with E-state index in [1.165, 1.54) is 12.1 Å². The monoisotopic (exact) mass is 450 g/mol. The molecule has 33 heavy (non-hydrogen) atoms. The molecule has 1 saturated heterocycles. The van der Waals surface area contributed by atoms with Crippen LogP contribution in [0.1, 0.15) is 36.5 Å². The number of hydrogen-bond donors (Lipinski definition) is 2. The largest absolute Gasteiger partial charge is 0.322 e. The fourth-order valence-corrected chi connectivity index (χ4v) is 4.64. The van der Waals surface area contributed by atoms with Gasteiger partial charge in [0.15, 0.2) is 0 Å². The highest BCUT2D eigenvalue weighted by molar-refractivity contribution is 5.89. The lowest BCUT2D eigenvalue weighted by atomic mass is 10.0. The Labute approximate surface area is 193 Å². The summed E-state index contributed by atoms with van der Waals surface area (Å²) in [5, 5.41) is 3.62. The van der Waals surface area contributed by atoms with Crippen LogP contribution in [0.25, 0.3) is 10.9 Å². The number of aromatic amines is 1. The molecule has 1 aliphatic rings. The molecule has 3 aromatic rings. The second-order valence-corrected chi connectivity index (χ2v) is 8.81. The number of likely N-dealkylation sites (tertiary alicyclic amines) is 1. The molecule has 2 N–H and O–H groups in total. The summed E-state index contributed by atoms with van der Waals surface area (Å²) in [5.74, 6) is -0.490. The zero-order valence-corrected chi connectivity index (χ0v) is 19.5. The van der Waals surface area contributed by atoms with Crippen LogP contribution in [-0.2, 0) is 6.54 Å². The smallest absolute Gasteiger partial charge is 0.321 e. The quantitative estimate of drug-likeness (QED) is 0.567. The average molecular weight is 451 g/mol. The zero-order chi connectivity index (χ0) is 23.5. The van der Waals surface area contributed by atoms with Crippen molar-refractivity contribution in [2.24, 2.45) is 0 Å². The lowest BCUT2D eigenvalue weighted by molar-refractivity contribution is 0.174. The van der Waals surface area contributed by atoms with Crippen LogP contribution in [0, 0.1) is 19.7 Å². The maximum atomic E-state index is 14.2. The summed E-state index contributed by atoms with van der Waals surface area (Å²) in [6.45, 7) is 8.63. The van der Waals surface area contributed by atoms with Crippen molar-refractivity contribution < 1.29 is 9.18 Å². The van der Waals surface area contributed by atoms with Crippen LogP contribution in [0.15, 0.2) is 47.3 Å². The number of pyridine rings is 1. The van der Waals surface area contributed by atoms with Crippen LogP contribution in [0.4, 0.5) is 14.9 Å². The average Bonchev–Trinajstić information content (AvgIpc) is 3.25. The van der Waals surface area contributed by atoms with E-state index in [-0.39, 0.29) is 23.8 Å². The first-order chi connectivity index (χ1) is 15.9. The Morgan fingerprint density at radius 1 is 1.24 bits per heavy atom. The fraction of sp³-hybridized carbons (Fsp3) is 0.385. The number of halogens is 1. The number of hydrogen-bond acceptors (Lipinski definition) is 3. The summed E-state index contributed by atoms with van der Waals surface area (Å²) < 4.78 is 14.2.